The average Bonchev–Trinajstić information content (AvgIpc) is 2.38. The summed E-state index contributed by atoms with van der Waals surface area (Å²) in [6.07, 6.45) is 1.05. The van der Waals surface area contributed by atoms with Crippen molar-refractivity contribution in [2.75, 3.05) is 23.5 Å². The van der Waals surface area contributed by atoms with E-state index < -0.39 is 11.9 Å². The van der Waals surface area contributed by atoms with Crippen molar-refractivity contribution in [2.45, 2.75) is 18.4 Å². The van der Waals surface area contributed by atoms with Gasteiger partial charge in [-0.15, -0.1) is 0 Å². The van der Waals surface area contributed by atoms with Crippen LogP contribution < -0.4 is 4.90 Å². The molecule has 0 aliphatic carbocycles. The van der Waals surface area contributed by atoms with Gasteiger partial charge < -0.3 is 10.0 Å². The Morgan fingerprint density at radius 2 is 2.32 bits per heavy atom. The standard InChI is InChI=1S/C14H16ClNO2S/c1-16-11-3-2-8(15)6-9(11)13(14(17)18)10-7-19-5-4-12(10)16/h2-3,6,10,12-13H,4-5,7H2,1H3,(H,17,18). The van der Waals surface area contributed by atoms with Gasteiger partial charge in [0.15, 0.2) is 0 Å². The third kappa shape index (κ3) is 2.11. The molecule has 0 bridgehead atoms. The minimum absolute atomic E-state index is 0.173. The maximum absolute atomic E-state index is 11.7. The van der Waals surface area contributed by atoms with Crippen LogP contribution >= 0.6 is 23.4 Å². The van der Waals surface area contributed by atoms with Crippen molar-refractivity contribution in [1.82, 2.24) is 0 Å². The summed E-state index contributed by atoms with van der Waals surface area (Å²) in [6, 6.07) is 5.94. The Morgan fingerprint density at radius 3 is 3.05 bits per heavy atom. The van der Waals surface area contributed by atoms with Gasteiger partial charge >= 0.3 is 5.97 Å². The molecule has 3 unspecified atom stereocenters. The largest absolute Gasteiger partial charge is 0.481 e. The molecule has 0 aromatic heterocycles. The normalized spacial score (nSPS) is 29.6. The number of hydrogen-bond donors (Lipinski definition) is 1. The number of rotatable bonds is 1. The molecule has 2 aliphatic heterocycles. The van der Waals surface area contributed by atoms with E-state index in [0.717, 1.165) is 29.2 Å². The van der Waals surface area contributed by atoms with E-state index in [1.54, 1.807) is 0 Å². The second kappa shape index (κ2) is 4.91. The van der Waals surface area contributed by atoms with Gasteiger partial charge in [0.2, 0.25) is 0 Å². The zero-order valence-corrected chi connectivity index (χ0v) is 12.2. The predicted molar refractivity (Wildman–Crippen MR) is 79.5 cm³/mol. The number of carboxylic acids is 1. The molecule has 3 atom stereocenters. The van der Waals surface area contributed by atoms with E-state index in [1.807, 2.05) is 30.0 Å². The van der Waals surface area contributed by atoms with Gasteiger partial charge in [0.25, 0.3) is 0 Å². The highest BCUT2D eigenvalue weighted by molar-refractivity contribution is 7.99. The molecule has 0 amide bonds. The number of hydrogen-bond acceptors (Lipinski definition) is 3. The van der Waals surface area contributed by atoms with E-state index in [-0.39, 0.29) is 5.92 Å². The second-order valence-corrected chi connectivity index (χ2v) is 6.81. The topological polar surface area (TPSA) is 40.5 Å². The number of anilines is 1. The number of halogens is 1. The van der Waals surface area contributed by atoms with Gasteiger partial charge in [0.1, 0.15) is 0 Å². The van der Waals surface area contributed by atoms with E-state index in [2.05, 4.69) is 11.9 Å². The first kappa shape index (κ1) is 13.1. The van der Waals surface area contributed by atoms with Crippen molar-refractivity contribution in [1.29, 1.82) is 0 Å². The summed E-state index contributed by atoms with van der Waals surface area (Å²) < 4.78 is 0. The number of carbonyl (C=O) groups is 1. The lowest BCUT2D eigenvalue weighted by Gasteiger charge is -2.47. The van der Waals surface area contributed by atoms with E-state index >= 15 is 0 Å². The van der Waals surface area contributed by atoms with Crippen LogP contribution in [0.15, 0.2) is 18.2 Å². The third-order valence-corrected chi connectivity index (χ3v) is 5.64. The maximum atomic E-state index is 11.7. The smallest absolute Gasteiger partial charge is 0.311 e. The molecule has 1 aromatic rings. The minimum atomic E-state index is -0.728. The number of benzene rings is 1. The van der Waals surface area contributed by atoms with Gasteiger partial charge in [-0.3, -0.25) is 4.79 Å². The maximum Gasteiger partial charge on any atom is 0.311 e. The Kier molecular flexibility index (Phi) is 3.39. The van der Waals surface area contributed by atoms with Crippen molar-refractivity contribution >= 4 is 35.0 Å². The van der Waals surface area contributed by atoms with Crippen molar-refractivity contribution in [3.63, 3.8) is 0 Å². The highest BCUT2D eigenvalue weighted by Crippen LogP contribution is 2.46. The van der Waals surface area contributed by atoms with Crippen molar-refractivity contribution in [3.05, 3.63) is 28.8 Å². The first-order chi connectivity index (χ1) is 9.09. The van der Waals surface area contributed by atoms with Crippen molar-refractivity contribution < 1.29 is 9.90 Å². The number of aliphatic carboxylic acids is 1. The number of carboxylic acid groups (broad SMARTS) is 1. The molecule has 1 aromatic carbocycles. The third-order valence-electron chi connectivity index (χ3n) is 4.26. The van der Waals surface area contributed by atoms with E-state index in [9.17, 15) is 9.90 Å². The van der Waals surface area contributed by atoms with Gasteiger partial charge in [-0.05, 0) is 41.7 Å². The first-order valence-corrected chi connectivity index (χ1v) is 7.95. The average molecular weight is 298 g/mol. The van der Waals surface area contributed by atoms with Crippen LogP contribution in [0.3, 0.4) is 0 Å². The molecule has 0 spiro atoms. The molecule has 2 heterocycles. The van der Waals surface area contributed by atoms with Gasteiger partial charge in [-0.1, -0.05) is 11.6 Å². The van der Waals surface area contributed by atoms with Gasteiger partial charge in [0.05, 0.1) is 5.92 Å². The molecular weight excluding hydrogens is 282 g/mol. The lowest BCUT2D eigenvalue weighted by Crippen LogP contribution is -2.50. The molecule has 0 saturated carbocycles. The predicted octanol–water partition coefficient (Wildman–Crippen LogP) is 3.08. The monoisotopic (exact) mass is 297 g/mol. The summed E-state index contributed by atoms with van der Waals surface area (Å²) in [7, 11) is 2.07. The summed E-state index contributed by atoms with van der Waals surface area (Å²) in [5, 5.41) is 10.2. The molecule has 0 radical (unpaired) electrons. The Balaban J connectivity index is 2.13. The molecule has 102 valence electrons. The Morgan fingerprint density at radius 1 is 1.53 bits per heavy atom. The van der Waals surface area contributed by atoms with E-state index in [4.69, 9.17) is 11.6 Å². The number of nitrogens with zero attached hydrogens (tertiary/aromatic N) is 1. The zero-order chi connectivity index (χ0) is 13.6. The fraction of sp³-hybridized carbons (Fsp3) is 0.500. The molecular formula is C14H16ClNO2S. The second-order valence-electron chi connectivity index (χ2n) is 5.22. The minimum Gasteiger partial charge on any atom is -0.481 e. The summed E-state index contributed by atoms with van der Waals surface area (Å²) in [4.78, 5) is 14.0. The molecule has 19 heavy (non-hydrogen) atoms. The van der Waals surface area contributed by atoms with Crippen LogP contribution in [0.25, 0.3) is 0 Å². The van der Waals surface area contributed by atoms with E-state index in [1.165, 1.54) is 0 Å². The molecule has 3 rings (SSSR count). The Hall–Kier alpha value is -0.870. The summed E-state index contributed by atoms with van der Waals surface area (Å²) >= 11 is 7.91. The molecule has 2 aliphatic rings. The van der Waals surface area contributed by atoms with Crippen LogP contribution in [0.4, 0.5) is 5.69 Å². The Labute approximate surface area is 121 Å². The van der Waals surface area contributed by atoms with Crippen molar-refractivity contribution in [2.24, 2.45) is 5.92 Å². The fourth-order valence-electron chi connectivity index (χ4n) is 3.37. The van der Waals surface area contributed by atoms with Crippen LogP contribution in [0.2, 0.25) is 5.02 Å². The van der Waals surface area contributed by atoms with Crippen LogP contribution in [0.5, 0.6) is 0 Å². The first-order valence-electron chi connectivity index (χ1n) is 6.42. The lowest BCUT2D eigenvalue weighted by molar-refractivity contribution is -0.140. The summed E-state index contributed by atoms with van der Waals surface area (Å²) in [5.74, 6) is 1.04. The molecule has 1 fully saturated rings. The zero-order valence-electron chi connectivity index (χ0n) is 10.7. The van der Waals surface area contributed by atoms with Crippen molar-refractivity contribution in [3.8, 4) is 0 Å². The van der Waals surface area contributed by atoms with Gasteiger partial charge in [-0.2, -0.15) is 11.8 Å². The molecule has 5 heteroatoms. The number of thioether (sulfide) groups is 1. The molecule has 1 N–H and O–H groups in total. The highest BCUT2D eigenvalue weighted by Gasteiger charge is 2.44. The fourth-order valence-corrected chi connectivity index (χ4v) is 4.81. The van der Waals surface area contributed by atoms with Gasteiger partial charge in [-0.25, -0.2) is 0 Å². The van der Waals surface area contributed by atoms with Crippen LogP contribution in [0, 0.1) is 5.92 Å². The SMILES string of the molecule is CN1c2ccc(Cl)cc2C(C(=O)O)C2CSCCC21. The van der Waals surface area contributed by atoms with Crippen LogP contribution in [-0.4, -0.2) is 35.7 Å². The lowest BCUT2D eigenvalue weighted by atomic mass is 9.76. The molecule has 1 saturated heterocycles. The summed E-state index contributed by atoms with van der Waals surface area (Å²) in [6.45, 7) is 0. The van der Waals surface area contributed by atoms with E-state index in [0.29, 0.717) is 11.1 Å². The number of fused-ring (bicyclic) bond motifs is 2. The molecule has 3 nitrogen and oxygen atoms in total. The quantitative estimate of drug-likeness (QED) is 0.865. The Bertz CT molecular complexity index is 522. The van der Waals surface area contributed by atoms with Crippen LogP contribution in [0.1, 0.15) is 17.9 Å². The highest BCUT2D eigenvalue weighted by atomic mass is 35.5. The summed E-state index contributed by atoms with van der Waals surface area (Å²) in [5.41, 5.74) is 1.89. The van der Waals surface area contributed by atoms with Gasteiger partial charge in [0, 0.05) is 29.7 Å². The van der Waals surface area contributed by atoms with Crippen LogP contribution in [-0.2, 0) is 4.79 Å².